The minimum absolute atomic E-state index is 0.474. The van der Waals surface area contributed by atoms with Crippen molar-refractivity contribution < 1.29 is 31.5 Å². The van der Waals surface area contributed by atoms with Crippen LogP contribution in [0.15, 0.2) is 29.2 Å². The van der Waals surface area contributed by atoms with Crippen LogP contribution < -0.4 is 4.72 Å². The lowest BCUT2D eigenvalue weighted by atomic mass is 10.2. The number of halogens is 3. The molecule has 2 N–H and O–H groups in total. The molecule has 0 unspecified atom stereocenters. The van der Waals surface area contributed by atoms with E-state index >= 15 is 0 Å². The number of sulfonamides is 1. The summed E-state index contributed by atoms with van der Waals surface area (Å²) in [5.74, 6) is -1.22. The second-order valence-electron chi connectivity index (χ2n) is 4.15. The quantitative estimate of drug-likeness (QED) is 0.869. The van der Waals surface area contributed by atoms with Crippen molar-refractivity contribution in [2.45, 2.75) is 30.5 Å². The van der Waals surface area contributed by atoms with Gasteiger partial charge in [0.1, 0.15) is 0 Å². The Hall–Kier alpha value is -1.61. The van der Waals surface area contributed by atoms with Crippen molar-refractivity contribution in [2.75, 3.05) is 0 Å². The fraction of sp³-hybridized carbons (Fsp3) is 0.364. The first-order chi connectivity index (χ1) is 9.02. The molecule has 0 fully saturated rings. The molecule has 0 bridgehead atoms. The summed E-state index contributed by atoms with van der Waals surface area (Å²) >= 11 is 0. The molecule has 9 heteroatoms. The number of hydrogen-bond acceptors (Lipinski definition) is 3. The van der Waals surface area contributed by atoms with E-state index in [2.05, 4.69) is 0 Å². The second kappa shape index (κ2) is 5.80. The van der Waals surface area contributed by atoms with Gasteiger partial charge in [0.25, 0.3) is 0 Å². The lowest BCUT2D eigenvalue weighted by Gasteiger charge is -2.13. The number of rotatable bonds is 5. The Morgan fingerprint density at radius 2 is 2.00 bits per heavy atom. The summed E-state index contributed by atoms with van der Waals surface area (Å²) in [6.45, 7) is 1.30. The van der Waals surface area contributed by atoms with Gasteiger partial charge in [-0.3, -0.25) is 4.79 Å². The lowest BCUT2D eigenvalue weighted by molar-refractivity contribution is -0.138. The third-order valence-electron chi connectivity index (χ3n) is 2.31. The summed E-state index contributed by atoms with van der Waals surface area (Å²) in [6, 6.07) is 2.28. The van der Waals surface area contributed by atoms with E-state index in [0.717, 1.165) is 18.2 Å². The van der Waals surface area contributed by atoms with Crippen LogP contribution in [0.1, 0.15) is 18.9 Å². The minimum atomic E-state index is -4.65. The number of carbonyl (C=O) groups is 1. The van der Waals surface area contributed by atoms with Gasteiger partial charge in [-0.25, -0.2) is 13.1 Å². The molecule has 1 aromatic carbocycles. The SMILES string of the molecule is C[C@@H](CC(=O)O)NS(=O)(=O)c1cccc(C(F)(F)F)c1. The molecule has 0 saturated carbocycles. The van der Waals surface area contributed by atoms with E-state index in [4.69, 9.17) is 5.11 Å². The average Bonchev–Trinajstić information content (AvgIpc) is 2.26. The fourth-order valence-electron chi connectivity index (χ4n) is 1.48. The number of aliphatic carboxylic acids is 1. The smallest absolute Gasteiger partial charge is 0.416 e. The Bertz CT molecular complexity index is 598. The summed E-state index contributed by atoms with van der Waals surface area (Å²) < 4.78 is 63.2. The molecule has 20 heavy (non-hydrogen) atoms. The molecule has 0 aliphatic carbocycles. The van der Waals surface area contributed by atoms with E-state index < -0.39 is 45.1 Å². The molecule has 0 radical (unpaired) electrons. The first kappa shape index (κ1) is 16.4. The van der Waals surface area contributed by atoms with Crippen molar-refractivity contribution in [3.05, 3.63) is 29.8 Å². The predicted molar refractivity (Wildman–Crippen MR) is 63.5 cm³/mol. The summed E-state index contributed by atoms with van der Waals surface area (Å²) in [5.41, 5.74) is -1.09. The molecular weight excluding hydrogens is 299 g/mol. The van der Waals surface area contributed by atoms with Crippen LogP contribution in [0.25, 0.3) is 0 Å². The molecule has 0 aliphatic rings. The van der Waals surface area contributed by atoms with Crippen molar-refractivity contribution in [3.63, 3.8) is 0 Å². The molecule has 1 rings (SSSR count). The molecule has 1 aromatic rings. The molecule has 1 atom stereocenters. The molecule has 0 saturated heterocycles. The number of carboxylic acids is 1. The van der Waals surface area contributed by atoms with E-state index in [1.54, 1.807) is 0 Å². The van der Waals surface area contributed by atoms with E-state index in [9.17, 15) is 26.4 Å². The number of hydrogen-bond donors (Lipinski definition) is 2. The topological polar surface area (TPSA) is 83.5 Å². The molecule has 5 nitrogen and oxygen atoms in total. The average molecular weight is 311 g/mol. The van der Waals surface area contributed by atoms with E-state index in [0.29, 0.717) is 6.07 Å². The van der Waals surface area contributed by atoms with Gasteiger partial charge in [0.15, 0.2) is 0 Å². The molecule has 0 amide bonds. The van der Waals surface area contributed by atoms with Gasteiger partial charge in [0, 0.05) is 6.04 Å². The van der Waals surface area contributed by atoms with Crippen LogP contribution in [-0.4, -0.2) is 25.5 Å². The van der Waals surface area contributed by atoms with Crippen LogP contribution in [0.4, 0.5) is 13.2 Å². The molecule has 112 valence electrons. The van der Waals surface area contributed by atoms with Crippen molar-refractivity contribution in [1.82, 2.24) is 4.72 Å². The van der Waals surface area contributed by atoms with Crippen molar-refractivity contribution in [1.29, 1.82) is 0 Å². The Balaban J connectivity index is 3.02. The standard InChI is InChI=1S/C11H12F3NO4S/c1-7(5-10(16)17)15-20(18,19)9-4-2-3-8(6-9)11(12,13)14/h2-4,6-7,15H,5H2,1H3,(H,16,17)/t7-/m0/s1. The Morgan fingerprint density at radius 1 is 1.40 bits per heavy atom. The normalized spacial score (nSPS) is 14.0. The minimum Gasteiger partial charge on any atom is -0.481 e. The molecule has 0 aliphatic heterocycles. The monoisotopic (exact) mass is 311 g/mol. The molecule has 0 aromatic heterocycles. The highest BCUT2D eigenvalue weighted by Gasteiger charge is 2.31. The zero-order valence-corrected chi connectivity index (χ0v) is 11.1. The Kier molecular flexibility index (Phi) is 4.77. The van der Waals surface area contributed by atoms with Gasteiger partial charge >= 0.3 is 12.1 Å². The van der Waals surface area contributed by atoms with Crippen LogP contribution in [0.3, 0.4) is 0 Å². The molecule has 0 spiro atoms. The summed E-state index contributed by atoms with van der Waals surface area (Å²) in [4.78, 5) is 9.87. The largest absolute Gasteiger partial charge is 0.481 e. The van der Waals surface area contributed by atoms with Gasteiger partial charge in [0.05, 0.1) is 16.9 Å². The first-order valence-corrected chi connectivity index (χ1v) is 6.92. The van der Waals surface area contributed by atoms with Crippen LogP contribution in [0.2, 0.25) is 0 Å². The van der Waals surface area contributed by atoms with Crippen LogP contribution in [0, 0.1) is 0 Å². The number of alkyl halides is 3. The second-order valence-corrected chi connectivity index (χ2v) is 5.86. The van der Waals surface area contributed by atoms with Gasteiger partial charge in [-0.1, -0.05) is 6.07 Å². The highest BCUT2D eigenvalue weighted by atomic mass is 32.2. The van der Waals surface area contributed by atoms with Crippen LogP contribution in [0.5, 0.6) is 0 Å². The van der Waals surface area contributed by atoms with E-state index in [1.807, 2.05) is 4.72 Å². The predicted octanol–water partition coefficient (Wildman–Crippen LogP) is 1.85. The Morgan fingerprint density at radius 3 is 2.50 bits per heavy atom. The number of carboxylic acid groups (broad SMARTS) is 1. The summed E-state index contributed by atoms with van der Waals surface area (Å²) in [7, 11) is -4.20. The maximum absolute atomic E-state index is 12.5. The van der Waals surface area contributed by atoms with Crippen LogP contribution in [-0.2, 0) is 21.0 Å². The van der Waals surface area contributed by atoms with E-state index in [1.165, 1.54) is 6.92 Å². The number of benzene rings is 1. The number of nitrogens with one attached hydrogen (secondary N) is 1. The highest BCUT2D eigenvalue weighted by Crippen LogP contribution is 2.30. The Labute approximate surface area is 113 Å². The van der Waals surface area contributed by atoms with Crippen molar-refractivity contribution in [3.8, 4) is 0 Å². The van der Waals surface area contributed by atoms with Crippen LogP contribution >= 0.6 is 0 Å². The summed E-state index contributed by atoms with van der Waals surface area (Å²) in [5, 5.41) is 8.52. The maximum Gasteiger partial charge on any atom is 0.416 e. The van der Waals surface area contributed by atoms with Crippen molar-refractivity contribution in [2.24, 2.45) is 0 Å². The van der Waals surface area contributed by atoms with Gasteiger partial charge in [-0.15, -0.1) is 0 Å². The lowest BCUT2D eigenvalue weighted by Crippen LogP contribution is -2.34. The van der Waals surface area contributed by atoms with Gasteiger partial charge < -0.3 is 5.11 Å². The third kappa shape index (κ3) is 4.49. The van der Waals surface area contributed by atoms with E-state index in [-0.39, 0.29) is 0 Å². The molecular formula is C11H12F3NO4S. The third-order valence-corrected chi connectivity index (χ3v) is 3.90. The zero-order chi connectivity index (χ0) is 15.6. The highest BCUT2D eigenvalue weighted by molar-refractivity contribution is 7.89. The van der Waals surface area contributed by atoms with Gasteiger partial charge in [-0.2, -0.15) is 13.2 Å². The van der Waals surface area contributed by atoms with Crippen molar-refractivity contribution >= 4 is 16.0 Å². The summed E-state index contributed by atoms with van der Waals surface area (Å²) in [6.07, 6.45) is -5.13. The molecule has 0 heterocycles. The van der Waals surface area contributed by atoms with Gasteiger partial charge in [-0.05, 0) is 25.1 Å². The first-order valence-electron chi connectivity index (χ1n) is 5.44. The zero-order valence-electron chi connectivity index (χ0n) is 10.3. The van der Waals surface area contributed by atoms with Gasteiger partial charge in [0.2, 0.25) is 10.0 Å². The maximum atomic E-state index is 12.5. The fourth-order valence-corrected chi connectivity index (χ4v) is 2.77.